The second-order valence-corrected chi connectivity index (χ2v) is 11.8. The Labute approximate surface area is 275 Å². The molecule has 5 aromatic rings. The van der Waals surface area contributed by atoms with Crippen molar-refractivity contribution in [3.05, 3.63) is 166 Å². The number of benzene rings is 5. The van der Waals surface area contributed by atoms with E-state index in [0.29, 0.717) is 30.0 Å². The van der Waals surface area contributed by atoms with Crippen LogP contribution in [0.3, 0.4) is 0 Å². The van der Waals surface area contributed by atoms with Gasteiger partial charge in [0.25, 0.3) is 0 Å². The molecule has 5 aromatic carbocycles. The predicted octanol–water partition coefficient (Wildman–Crippen LogP) is 9.27. The molecule has 46 heavy (non-hydrogen) atoms. The van der Waals surface area contributed by atoms with Gasteiger partial charge in [0.2, 0.25) is 0 Å². The van der Waals surface area contributed by atoms with Crippen LogP contribution in [-0.4, -0.2) is 25.2 Å². The molecule has 0 aromatic heterocycles. The SMILES string of the molecule is O=C(CCCCCNC(=O)OCC1c2ccccc2-c2ccccc21)OC(c1ccccc1)(c1ccccc1)c1ccccc1Cl. The van der Waals surface area contributed by atoms with Gasteiger partial charge in [0.15, 0.2) is 5.60 Å². The van der Waals surface area contributed by atoms with Gasteiger partial charge in [-0.05, 0) is 41.2 Å². The Bertz CT molecular complexity index is 1710. The third-order valence-corrected chi connectivity index (χ3v) is 8.88. The molecule has 6 rings (SSSR count). The number of esters is 1. The molecule has 6 heteroatoms. The Kier molecular flexibility index (Phi) is 9.80. The van der Waals surface area contributed by atoms with Crippen molar-refractivity contribution in [2.75, 3.05) is 13.2 Å². The summed E-state index contributed by atoms with van der Waals surface area (Å²) in [6.45, 7) is 0.741. The number of nitrogens with one attached hydrogen (secondary N) is 1. The molecule has 5 nitrogen and oxygen atoms in total. The van der Waals surface area contributed by atoms with Crippen LogP contribution in [0.5, 0.6) is 0 Å². The molecule has 0 fully saturated rings. The van der Waals surface area contributed by atoms with Gasteiger partial charge in [-0.1, -0.05) is 145 Å². The average Bonchev–Trinajstić information content (AvgIpc) is 3.42. The summed E-state index contributed by atoms with van der Waals surface area (Å²) >= 11 is 6.75. The van der Waals surface area contributed by atoms with Crippen molar-refractivity contribution >= 4 is 23.7 Å². The van der Waals surface area contributed by atoms with Crippen molar-refractivity contribution in [2.45, 2.75) is 37.2 Å². The zero-order valence-electron chi connectivity index (χ0n) is 25.5. The second-order valence-electron chi connectivity index (χ2n) is 11.4. The monoisotopic (exact) mass is 629 g/mol. The predicted molar refractivity (Wildman–Crippen MR) is 182 cm³/mol. The third kappa shape index (κ3) is 6.56. The number of alkyl carbamates (subject to hydrolysis) is 1. The minimum atomic E-state index is -1.20. The van der Waals surface area contributed by atoms with E-state index in [0.717, 1.165) is 17.5 Å². The number of amides is 1. The number of fused-ring (bicyclic) bond motifs is 3. The van der Waals surface area contributed by atoms with Crippen molar-refractivity contribution in [2.24, 2.45) is 0 Å². The fourth-order valence-corrected chi connectivity index (χ4v) is 6.64. The summed E-state index contributed by atoms with van der Waals surface area (Å²) in [4.78, 5) is 26.0. The van der Waals surface area contributed by atoms with Crippen molar-refractivity contribution < 1.29 is 19.1 Å². The highest BCUT2D eigenvalue weighted by atomic mass is 35.5. The number of rotatable bonds is 12. The molecule has 0 saturated carbocycles. The van der Waals surface area contributed by atoms with E-state index in [4.69, 9.17) is 21.1 Å². The van der Waals surface area contributed by atoms with Gasteiger partial charge in [0.1, 0.15) is 6.61 Å². The number of halogens is 1. The van der Waals surface area contributed by atoms with Crippen LogP contribution in [-0.2, 0) is 19.9 Å². The van der Waals surface area contributed by atoms with Gasteiger partial charge in [-0.3, -0.25) is 4.79 Å². The molecule has 0 unspecified atom stereocenters. The quantitative estimate of drug-likeness (QED) is 0.0849. The topological polar surface area (TPSA) is 64.6 Å². The molecule has 0 atom stereocenters. The van der Waals surface area contributed by atoms with E-state index in [9.17, 15) is 9.59 Å². The summed E-state index contributed by atoms with van der Waals surface area (Å²) in [5.74, 6) is -0.300. The average molecular weight is 630 g/mol. The first-order chi connectivity index (χ1) is 22.6. The molecular weight excluding hydrogens is 594 g/mol. The lowest BCUT2D eigenvalue weighted by atomic mass is 9.80. The Hall–Kier alpha value is -4.87. The molecule has 232 valence electrons. The summed E-state index contributed by atoms with van der Waals surface area (Å²) in [5.41, 5.74) is 5.89. The molecule has 1 aliphatic carbocycles. The summed E-state index contributed by atoms with van der Waals surface area (Å²) in [6.07, 6.45) is 1.87. The van der Waals surface area contributed by atoms with Crippen LogP contribution in [0, 0.1) is 0 Å². The minimum absolute atomic E-state index is 0.0221. The zero-order chi connectivity index (χ0) is 31.8. The molecule has 0 aliphatic heterocycles. The first-order valence-electron chi connectivity index (χ1n) is 15.7. The Morgan fingerprint density at radius 2 is 1.20 bits per heavy atom. The first-order valence-corrected chi connectivity index (χ1v) is 16.1. The van der Waals surface area contributed by atoms with Crippen LogP contribution in [0.25, 0.3) is 11.1 Å². The molecule has 0 radical (unpaired) electrons. The van der Waals surface area contributed by atoms with Crippen LogP contribution in [0.1, 0.15) is 59.4 Å². The number of carbonyl (C=O) groups is 2. The Balaban J connectivity index is 1.02. The zero-order valence-corrected chi connectivity index (χ0v) is 26.3. The summed E-state index contributed by atoms with van der Waals surface area (Å²) in [6, 6.07) is 43.5. The maximum Gasteiger partial charge on any atom is 0.407 e. The molecule has 1 amide bonds. The van der Waals surface area contributed by atoms with Gasteiger partial charge in [-0.2, -0.15) is 0 Å². The maximum absolute atomic E-state index is 13.5. The van der Waals surface area contributed by atoms with E-state index in [-0.39, 0.29) is 24.9 Å². The van der Waals surface area contributed by atoms with E-state index >= 15 is 0 Å². The smallest absolute Gasteiger partial charge is 0.407 e. The first kappa shape index (κ1) is 31.1. The van der Waals surface area contributed by atoms with Gasteiger partial charge in [-0.25, -0.2) is 4.79 Å². The summed E-state index contributed by atoms with van der Waals surface area (Å²) < 4.78 is 12.1. The highest BCUT2D eigenvalue weighted by Crippen LogP contribution is 2.45. The highest BCUT2D eigenvalue weighted by molar-refractivity contribution is 6.31. The van der Waals surface area contributed by atoms with E-state index < -0.39 is 11.7 Å². The fraction of sp³-hybridized carbons (Fsp3) is 0.200. The molecule has 1 aliphatic rings. The fourth-order valence-electron chi connectivity index (χ4n) is 6.38. The van der Waals surface area contributed by atoms with Crippen molar-refractivity contribution in [3.8, 4) is 11.1 Å². The molecule has 1 N–H and O–H groups in total. The van der Waals surface area contributed by atoms with E-state index in [2.05, 4.69) is 29.6 Å². The number of hydrogen-bond acceptors (Lipinski definition) is 4. The van der Waals surface area contributed by atoms with Crippen LogP contribution < -0.4 is 5.32 Å². The molecule has 0 heterocycles. The van der Waals surface area contributed by atoms with Crippen LogP contribution >= 0.6 is 11.6 Å². The van der Waals surface area contributed by atoms with Gasteiger partial charge < -0.3 is 14.8 Å². The lowest BCUT2D eigenvalue weighted by Gasteiger charge is -2.36. The largest absolute Gasteiger partial charge is 0.449 e. The summed E-state index contributed by atoms with van der Waals surface area (Å²) in [5, 5.41) is 3.38. The number of carbonyl (C=O) groups excluding carboxylic acids is 2. The molecule has 0 bridgehead atoms. The van der Waals surface area contributed by atoms with Crippen molar-refractivity contribution in [1.29, 1.82) is 0 Å². The highest BCUT2D eigenvalue weighted by Gasteiger charge is 2.41. The number of ether oxygens (including phenoxy) is 2. The second kappa shape index (κ2) is 14.5. The maximum atomic E-state index is 13.5. The van der Waals surface area contributed by atoms with E-state index in [1.807, 2.05) is 109 Å². The Morgan fingerprint density at radius 3 is 1.80 bits per heavy atom. The van der Waals surface area contributed by atoms with Crippen molar-refractivity contribution in [1.82, 2.24) is 5.32 Å². The number of hydrogen-bond donors (Lipinski definition) is 1. The van der Waals surface area contributed by atoms with Gasteiger partial charge in [0.05, 0.1) is 0 Å². The standard InChI is InChI=1S/C40H36ClNO4/c41-37-25-14-13-24-36(37)40(29-16-4-1-5-17-29,30-18-6-2-7-19-30)46-38(43)26-8-3-15-27-42-39(44)45-28-35-33-22-11-9-20-31(33)32-21-10-12-23-34(32)35/h1-2,4-7,9-14,16-25,35H,3,8,15,26-28H2,(H,42,44). The van der Waals surface area contributed by atoms with Crippen LogP contribution in [0.15, 0.2) is 133 Å². The lowest BCUT2D eigenvalue weighted by Crippen LogP contribution is -2.35. The normalized spacial score (nSPS) is 12.2. The van der Waals surface area contributed by atoms with Crippen molar-refractivity contribution in [3.63, 3.8) is 0 Å². The van der Waals surface area contributed by atoms with Crippen LogP contribution in [0.2, 0.25) is 5.02 Å². The van der Waals surface area contributed by atoms with Crippen LogP contribution in [0.4, 0.5) is 4.79 Å². The van der Waals surface area contributed by atoms with E-state index in [1.165, 1.54) is 22.3 Å². The minimum Gasteiger partial charge on any atom is -0.449 e. The van der Waals surface area contributed by atoms with Gasteiger partial charge in [-0.15, -0.1) is 0 Å². The molecule has 0 spiro atoms. The lowest BCUT2D eigenvalue weighted by molar-refractivity contribution is -0.153. The van der Waals surface area contributed by atoms with Gasteiger partial charge in [0, 0.05) is 40.6 Å². The number of unbranched alkanes of at least 4 members (excludes halogenated alkanes) is 2. The third-order valence-electron chi connectivity index (χ3n) is 8.55. The summed E-state index contributed by atoms with van der Waals surface area (Å²) in [7, 11) is 0. The Morgan fingerprint density at radius 1 is 0.652 bits per heavy atom. The molecular formula is C40H36ClNO4. The van der Waals surface area contributed by atoms with E-state index in [1.54, 1.807) is 0 Å². The molecule has 0 saturated heterocycles. The van der Waals surface area contributed by atoms with Gasteiger partial charge >= 0.3 is 12.1 Å².